The van der Waals surface area contributed by atoms with Gasteiger partial charge in [-0.2, -0.15) is 0 Å². The highest BCUT2D eigenvalue weighted by molar-refractivity contribution is 5.98. The Morgan fingerprint density at radius 1 is 0.389 bits per heavy atom. The summed E-state index contributed by atoms with van der Waals surface area (Å²) < 4.78 is 0. The number of aliphatic imine (C=N–C) groups is 3. The monoisotopic (exact) mass is 1240 g/mol. The van der Waals surface area contributed by atoms with E-state index in [1.165, 1.54) is 7.05 Å². The number of guanidine groups is 3. The van der Waals surface area contributed by atoms with Crippen LogP contribution in [0.2, 0.25) is 0 Å². The maximum absolute atomic E-state index is 15.0. The number of hydrogen-bond donors (Lipinski definition) is 17. The summed E-state index contributed by atoms with van der Waals surface area (Å²) in [5, 5.41) is 25.3. The predicted octanol–water partition coefficient (Wildman–Crippen LogP) is -2.62. The third-order valence-electron chi connectivity index (χ3n) is 14.1. The van der Waals surface area contributed by atoms with Crippen molar-refractivity contribution in [2.75, 3.05) is 33.2 Å². The minimum atomic E-state index is -1.41. The molecule has 4 aromatic carbocycles. The van der Waals surface area contributed by atoms with Gasteiger partial charge in [-0.05, 0) is 73.6 Å². The smallest absolute Gasteiger partial charge is 0.243 e. The van der Waals surface area contributed by atoms with Crippen molar-refractivity contribution in [1.29, 1.82) is 0 Å². The minimum Gasteiger partial charge on any atom is -0.386 e. The molecule has 0 aromatic heterocycles. The first kappa shape index (κ1) is 72.2. The standard InChI is InChI=1S/C62H90N20O8/c1-39(63)72-31-16-28-46(55(86)81-50(37-42-23-11-5-12-24-42)58(89)76-45(30-18-34-75-62(70)71-2)54(85)79-48(52(65)83)35-40-19-7-3-8-20-40)78-59(90)51(38-43-25-13-6-14-26-43)82-56(87)47(29-17-33-74-61(68)69)77-57(88)49(36-41-21-9-4-10-22-41)80-53(84)44(64)27-15-32-73-60(66)67/h3-14,19-26,44-51,72H,1,15-18,27-38,63-64H2,2H3,(H2,65,83)(H,76,89)(H,77,88)(H,78,90)(H,79,85)(H,80,84)(H,81,86)(H,82,87)(H4,66,67,73)(H4,68,69,74)(H3,70,71,75)/t44-,45-,46-,47-,48-,49-,50-,51-/m0/s1. The highest BCUT2D eigenvalue weighted by atomic mass is 16.2. The molecule has 4 rings (SSSR count). The minimum absolute atomic E-state index is 0.00189. The molecule has 28 heteroatoms. The number of carbonyl (C=O) groups is 8. The van der Waals surface area contributed by atoms with Crippen molar-refractivity contribution in [2.45, 2.75) is 125 Å². The molecule has 0 radical (unpaired) electrons. The van der Waals surface area contributed by atoms with Crippen LogP contribution in [-0.2, 0) is 64.0 Å². The lowest BCUT2D eigenvalue weighted by atomic mass is 10.0. The fourth-order valence-electron chi connectivity index (χ4n) is 9.28. The molecule has 0 fully saturated rings. The van der Waals surface area contributed by atoms with Crippen LogP contribution in [0.15, 0.2) is 149 Å². The number of nitrogens with two attached hydrogens (primary N) is 8. The van der Waals surface area contributed by atoms with Crippen LogP contribution < -0.4 is 93.7 Å². The van der Waals surface area contributed by atoms with Crippen molar-refractivity contribution < 1.29 is 38.4 Å². The topological polar surface area (TPSA) is 490 Å². The van der Waals surface area contributed by atoms with E-state index in [2.05, 4.69) is 69.4 Å². The van der Waals surface area contributed by atoms with Gasteiger partial charge in [-0.1, -0.05) is 128 Å². The van der Waals surface area contributed by atoms with Gasteiger partial charge in [0.25, 0.3) is 0 Å². The quantitative estimate of drug-likeness (QED) is 0.0123. The van der Waals surface area contributed by atoms with Crippen LogP contribution in [-0.4, -0.2) is 147 Å². The van der Waals surface area contributed by atoms with Crippen LogP contribution in [0, 0.1) is 0 Å². The Hall–Kier alpha value is -10.3. The molecule has 0 aliphatic rings. The van der Waals surface area contributed by atoms with E-state index in [0.29, 0.717) is 23.1 Å². The van der Waals surface area contributed by atoms with Gasteiger partial charge in [0.2, 0.25) is 47.3 Å². The van der Waals surface area contributed by atoms with Crippen LogP contribution in [0.5, 0.6) is 0 Å². The SMILES string of the molecule is C=C(N)NCCC[C@H](NC(=O)[C@H](Cc1ccccc1)NC(=O)[C@H](CCCN=C(N)N)NC(=O)[C@H](Cc1ccccc1)NC(=O)[C@@H](N)CCCN=C(N)N)C(=O)N[C@@H](Cc1ccccc1)C(=O)N[C@@H](CCCNC(N)=NC)C(=O)N[C@@H](Cc1ccccc1)C(N)=O. The van der Waals surface area contributed by atoms with E-state index in [1.807, 2.05) is 0 Å². The number of amides is 8. The third-order valence-corrected chi connectivity index (χ3v) is 14.1. The molecule has 8 atom stereocenters. The molecule has 0 saturated carbocycles. The molecule has 90 heavy (non-hydrogen) atoms. The number of hydrogen-bond acceptors (Lipinski definition) is 14. The van der Waals surface area contributed by atoms with Gasteiger partial charge in [0.1, 0.15) is 42.3 Å². The maximum Gasteiger partial charge on any atom is 0.243 e. The lowest BCUT2D eigenvalue weighted by Gasteiger charge is -2.28. The van der Waals surface area contributed by atoms with Gasteiger partial charge in [0.05, 0.1) is 11.9 Å². The van der Waals surface area contributed by atoms with Gasteiger partial charge in [0, 0.05) is 58.9 Å². The van der Waals surface area contributed by atoms with Crippen molar-refractivity contribution >= 4 is 65.1 Å². The number of rotatable bonds is 40. The summed E-state index contributed by atoms with van der Waals surface area (Å²) in [6, 6.07) is 25.0. The molecule has 0 bridgehead atoms. The van der Waals surface area contributed by atoms with Crippen molar-refractivity contribution in [3.63, 3.8) is 0 Å². The second kappa shape index (κ2) is 39.5. The fraction of sp³-hybridized carbons (Fsp3) is 0.403. The van der Waals surface area contributed by atoms with E-state index >= 15 is 0 Å². The van der Waals surface area contributed by atoms with E-state index < -0.39 is 95.6 Å². The van der Waals surface area contributed by atoms with Crippen LogP contribution >= 0.6 is 0 Å². The summed E-state index contributed by atoms with van der Waals surface area (Å²) in [5.41, 5.74) is 48.5. The normalized spacial score (nSPS) is 13.7. The molecule has 25 N–H and O–H groups in total. The molecule has 0 aliphatic heterocycles. The Morgan fingerprint density at radius 3 is 1.01 bits per heavy atom. The molecule has 486 valence electrons. The fourth-order valence-corrected chi connectivity index (χ4v) is 9.28. The number of nitrogens with zero attached hydrogens (tertiary/aromatic N) is 3. The van der Waals surface area contributed by atoms with Crippen LogP contribution in [0.4, 0.5) is 0 Å². The Morgan fingerprint density at radius 2 is 0.678 bits per heavy atom. The second-order valence-corrected chi connectivity index (χ2v) is 21.4. The Balaban J connectivity index is 1.69. The number of primary amides is 1. The zero-order chi connectivity index (χ0) is 65.8. The Labute approximate surface area is 524 Å². The molecule has 0 spiro atoms. The van der Waals surface area contributed by atoms with Crippen LogP contribution in [0.3, 0.4) is 0 Å². The van der Waals surface area contributed by atoms with E-state index in [9.17, 15) is 38.4 Å². The lowest BCUT2D eigenvalue weighted by Crippen LogP contribution is -2.61. The molecule has 28 nitrogen and oxygen atoms in total. The Kier molecular flexibility index (Phi) is 31.7. The van der Waals surface area contributed by atoms with E-state index in [1.54, 1.807) is 121 Å². The van der Waals surface area contributed by atoms with Crippen molar-refractivity contribution in [1.82, 2.24) is 47.9 Å². The second-order valence-electron chi connectivity index (χ2n) is 21.4. The maximum atomic E-state index is 15.0. The van der Waals surface area contributed by atoms with Gasteiger partial charge in [0.15, 0.2) is 17.9 Å². The molecular formula is C62H90N20O8. The van der Waals surface area contributed by atoms with E-state index in [4.69, 9.17) is 45.9 Å². The van der Waals surface area contributed by atoms with Gasteiger partial charge >= 0.3 is 0 Å². The first-order chi connectivity index (χ1) is 43.1. The predicted molar refractivity (Wildman–Crippen MR) is 346 cm³/mol. The Bertz CT molecular complexity index is 3020. The van der Waals surface area contributed by atoms with Gasteiger partial charge in [-0.25, -0.2) is 0 Å². The highest BCUT2D eigenvalue weighted by Crippen LogP contribution is 2.13. The summed E-state index contributed by atoms with van der Waals surface area (Å²) in [4.78, 5) is 126. The average Bonchev–Trinajstić information content (AvgIpc) is 3.71. The van der Waals surface area contributed by atoms with Gasteiger partial charge in [-0.3, -0.25) is 53.3 Å². The molecule has 0 heterocycles. The van der Waals surface area contributed by atoms with Crippen molar-refractivity contribution in [3.8, 4) is 0 Å². The third kappa shape index (κ3) is 28.1. The summed E-state index contributed by atoms with van der Waals surface area (Å²) in [5.74, 6) is -6.17. The van der Waals surface area contributed by atoms with Crippen LogP contribution in [0.1, 0.15) is 73.6 Å². The number of carbonyl (C=O) groups excluding carboxylic acids is 8. The number of benzene rings is 4. The van der Waals surface area contributed by atoms with Gasteiger partial charge in [-0.15, -0.1) is 0 Å². The molecule has 0 saturated heterocycles. The molecule has 0 unspecified atom stereocenters. The summed E-state index contributed by atoms with van der Waals surface area (Å²) in [6.45, 7) is 4.41. The van der Waals surface area contributed by atoms with Gasteiger partial charge < -0.3 is 93.7 Å². The molecular weight excluding hydrogens is 1150 g/mol. The molecule has 8 amide bonds. The number of nitrogens with one attached hydrogen (secondary N) is 9. The van der Waals surface area contributed by atoms with E-state index in [-0.39, 0.29) is 121 Å². The summed E-state index contributed by atoms with van der Waals surface area (Å²) in [6.07, 6.45) is 1.01. The van der Waals surface area contributed by atoms with E-state index in [0.717, 1.165) is 5.56 Å². The zero-order valence-corrected chi connectivity index (χ0v) is 50.9. The highest BCUT2D eigenvalue weighted by Gasteiger charge is 2.35. The van der Waals surface area contributed by atoms with Crippen molar-refractivity contribution in [2.24, 2.45) is 60.8 Å². The van der Waals surface area contributed by atoms with Crippen molar-refractivity contribution in [3.05, 3.63) is 156 Å². The zero-order valence-electron chi connectivity index (χ0n) is 50.9. The molecule has 4 aromatic rings. The summed E-state index contributed by atoms with van der Waals surface area (Å²) in [7, 11) is 1.50. The van der Waals surface area contributed by atoms with Crippen LogP contribution in [0.25, 0.3) is 0 Å². The first-order valence-corrected chi connectivity index (χ1v) is 29.7. The first-order valence-electron chi connectivity index (χ1n) is 29.7. The lowest BCUT2D eigenvalue weighted by molar-refractivity contribution is -0.135. The summed E-state index contributed by atoms with van der Waals surface area (Å²) >= 11 is 0. The largest absolute Gasteiger partial charge is 0.386 e. The molecule has 0 aliphatic carbocycles. The average molecular weight is 1240 g/mol.